The van der Waals surface area contributed by atoms with Gasteiger partial charge >= 0.3 is 0 Å². The number of nitrogens with zero attached hydrogens (tertiary/aromatic N) is 4. The van der Waals surface area contributed by atoms with Crippen molar-refractivity contribution in [1.29, 1.82) is 0 Å². The molecule has 2 aromatic rings. The molecular formula is C12H9FN4O3. The van der Waals surface area contributed by atoms with Gasteiger partial charge in [-0.1, -0.05) is 0 Å². The summed E-state index contributed by atoms with van der Waals surface area (Å²) in [7, 11) is 1.70. The van der Waals surface area contributed by atoms with Crippen LogP contribution in [-0.4, -0.2) is 19.7 Å². The average Bonchev–Trinajstić information content (AvgIpc) is 2.96. The largest absolute Gasteiger partial charge is 0.488 e. The number of nitro groups is 1. The fraction of sp³-hybridized carbons (Fsp3) is 0.167. The van der Waals surface area contributed by atoms with Gasteiger partial charge < -0.3 is 4.74 Å². The summed E-state index contributed by atoms with van der Waals surface area (Å²) in [6.45, 7) is 0.0899. The molecule has 102 valence electrons. The van der Waals surface area contributed by atoms with E-state index in [1.54, 1.807) is 7.05 Å². The van der Waals surface area contributed by atoms with Crippen molar-refractivity contribution in [1.82, 2.24) is 14.8 Å². The molecule has 1 aliphatic rings. The van der Waals surface area contributed by atoms with E-state index in [1.807, 2.05) is 0 Å². The second-order valence-electron chi connectivity index (χ2n) is 4.29. The van der Waals surface area contributed by atoms with Crippen LogP contribution in [0.2, 0.25) is 0 Å². The van der Waals surface area contributed by atoms with E-state index in [1.165, 1.54) is 23.2 Å². The third-order valence-electron chi connectivity index (χ3n) is 2.87. The Hall–Kier alpha value is -2.77. The SMILES string of the molecule is Cn1cnc(/C=C2\OCc3cc(F)cc([N+](=O)[O-])c32)n1. The Morgan fingerprint density at radius 1 is 1.55 bits per heavy atom. The molecule has 0 radical (unpaired) electrons. The van der Waals surface area contributed by atoms with Crippen molar-refractivity contribution in [2.75, 3.05) is 0 Å². The van der Waals surface area contributed by atoms with Gasteiger partial charge in [-0.2, -0.15) is 5.10 Å². The number of rotatable bonds is 2. The number of fused-ring (bicyclic) bond motifs is 1. The van der Waals surface area contributed by atoms with Gasteiger partial charge in [-0.3, -0.25) is 14.8 Å². The summed E-state index contributed by atoms with van der Waals surface area (Å²) in [4.78, 5) is 14.4. The first-order chi connectivity index (χ1) is 9.54. The van der Waals surface area contributed by atoms with E-state index < -0.39 is 10.7 Å². The van der Waals surface area contributed by atoms with Crippen LogP contribution in [0.4, 0.5) is 10.1 Å². The first kappa shape index (κ1) is 12.3. The van der Waals surface area contributed by atoms with Crippen molar-refractivity contribution < 1.29 is 14.1 Å². The molecule has 1 aromatic carbocycles. The second-order valence-corrected chi connectivity index (χ2v) is 4.29. The van der Waals surface area contributed by atoms with E-state index >= 15 is 0 Å². The third-order valence-corrected chi connectivity index (χ3v) is 2.87. The number of aryl methyl sites for hydroxylation is 1. The monoisotopic (exact) mass is 276 g/mol. The lowest BCUT2D eigenvalue weighted by atomic mass is 10.1. The number of aromatic nitrogens is 3. The molecule has 3 rings (SSSR count). The van der Waals surface area contributed by atoms with Crippen LogP contribution in [-0.2, 0) is 18.4 Å². The maximum absolute atomic E-state index is 13.3. The number of hydrogen-bond acceptors (Lipinski definition) is 5. The Balaban J connectivity index is 2.13. The molecular weight excluding hydrogens is 267 g/mol. The molecule has 20 heavy (non-hydrogen) atoms. The smallest absolute Gasteiger partial charge is 0.283 e. The number of halogens is 1. The predicted octanol–water partition coefficient (Wildman–Crippen LogP) is 1.89. The highest BCUT2D eigenvalue weighted by atomic mass is 19.1. The van der Waals surface area contributed by atoms with Gasteiger partial charge in [0, 0.05) is 18.7 Å². The van der Waals surface area contributed by atoms with E-state index in [4.69, 9.17) is 4.74 Å². The summed E-state index contributed by atoms with van der Waals surface area (Å²) in [5.74, 6) is -0.0110. The van der Waals surface area contributed by atoms with Crippen molar-refractivity contribution in [3.8, 4) is 0 Å². The van der Waals surface area contributed by atoms with Crippen molar-refractivity contribution in [2.24, 2.45) is 7.05 Å². The second kappa shape index (κ2) is 4.41. The molecule has 0 saturated carbocycles. The molecule has 7 nitrogen and oxygen atoms in total. The zero-order valence-electron chi connectivity index (χ0n) is 10.4. The maximum atomic E-state index is 13.3. The highest BCUT2D eigenvalue weighted by Crippen LogP contribution is 2.38. The zero-order chi connectivity index (χ0) is 14.3. The minimum Gasteiger partial charge on any atom is -0.488 e. The van der Waals surface area contributed by atoms with Crippen LogP contribution < -0.4 is 0 Å². The van der Waals surface area contributed by atoms with Crippen molar-refractivity contribution in [3.05, 3.63) is 51.3 Å². The number of hydrogen-bond donors (Lipinski definition) is 0. The lowest BCUT2D eigenvalue weighted by molar-refractivity contribution is -0.385. The van der Waals surface area contributed by atoms with Gasteiger partial charge in [0.1, 0.15) is 30.1 Å². The molecule has 0 aliphatic carbocycles. The Morgan fingerprint density at radius 2 is 2.35 bits per heavy atom. The van der Waals surface area contributed by atoms with Gasteiger partial charge in [-0.05, 0) is 6.07 Å². The van der Waals surface area contributed by atoms with E-state index in [2.05, 4.69) is 10.1 Å². The molecule has 0 N–H and O–H groups in total. The Labute approximate surface area is 112 Å². The lowest BCUT2D eigenvalue weighted by Gasteiger charge is -2.00. The molecule has 0 atom stereocenters. The molecule has 8 heteroatoms. The molecule has 1 aliphatic heterocycles. The van der Waals surface area contributed by atoms with Gasteiger partial charge in [0.25, 0.3) is 5.69 Å². The number of benzene rings is 1. The van der Waals surface area contributed by atoms with Crippen LogP contribution in [0.15, 0.2) is 18.5 Å². The Kier molecular flexibility index (Phi) is 2.70. The molecule has 0 bridgehead atoms. The van der Waals surface area contributed by atoms with Crippen LogP contribution >= 0.6 is 0 Å². The topological polar surface area (TPSA) is 83.1 Å². The Morgan fingerprint density at radius 3 is 3.00 bits per heavy atom. The van der Waals surface area contributed by atoms with Gasteiger partial charge in [-0.25, -0.2) is 9.37 Å². The van der Waals surface area contributed by atoms with E-state index in [0.29, 0.717) is 11.4 Å². The van der Waals surface area contributed by atoms with Gasteiger partial charge in [0.15, 0.2) is 5.82 Å². The highest BCUT2D eigenvalue weighted by molar-refractivity contribution is 5.83. The summed E-state index contributed by atoms with van der Waals surface area (Å²) in [5.41, 5.74) is 0.405. The van der Waals surface area contributed by atoms with Crippen molar-refractivity contribution in [3.63, 3.8) is 0 Å². The molecule has 0 saturated heterocycles. The third kappa shape index (κ3) is 2.00. The highest BCUT2D eigenvalue weighted by Gasteiger charge is 2.29. The normalized spacial score (nSPS) is 15.2. The van der Waals surface area contributed by atoms with Gasteiger partial charge in [-0.15, -0.1) is 0 Å². The molecule has 2 heterocycles. The van der Waals surface area contributed by atoms with E-state index in [0.717, 1.165) is 6.07 Å². The van der Waals surface area contributed by atoms with Crippen LogP contribution in [0.1, 0.15) is 17.0 Å². The quantitative estimate of drug-likeness (QED) is 0.617. The summed E-state index contributed by atoms with van der Waals surface area (Å²) < 4.78 is 20.2. The van der Waals surface area contributed by atoms with E-state index in [-0.39, 0.29) is 23.6 Å². The summed E-state index contributed by atoms with van der Waals surface area (Å²) in [5, 5.41) is 15.1. The molecule has 0 spiro atoms. The minimum atomic E-state index is -0.656. The first-order valence-corrected chi connectivity index (χ1v) is 5.72. The number of ether oxygens (including phenoxy) is 1. The number of nitro benzene ring substituents is 1. The summed E-state index contributed by atoms with van der Waals surface area (Å²) in [6.07, 6.45) is 3.00. The van der Waals surface area contributed by atoms with Gasteiger partial charge in [0.2, 0.25) is 0 Å². The van der Waals surface area contributed by atoms with Crippen LogP contribution in [0, 0.1) is 15.9 Å². The predicted molar refractivity (Wildman–Crippen MR) is 66.7 cm³/mol. The van der Waals surface area contributed by atoms with E-state index in [9.17, 15) is 14.5 Å². The van der Waals surface area contributed by atoms with Crippen LogP contribution in [0.5, 0.6) is 0 Å². The molecule has 0 fully saturated rings. The molecule has 0 unspecified atom stereocenters. The average molecular weight is 276 g/mol. The summed E-state index contributed by atoms with van der Waals surface area (Å²) in [6, 6.07) is 2.11. The maximum Gasteiger partial charge on any atom is 0.283 e. The molecule has 0 amide bonds. The fourth-order valence-corrected chi connectivity index (χ4v) is 2.07. The standard InChI is InChI=1S/C12H9FN4O3/c1-16-6-14-11(15-16)4-10-12-7(5-20-10)2-8(13)3-9(12)17(18)19/h2-4,6H,5H2,1H3/b10-4-. The molecule has 1 aromatic heterocycles. The van der Waals surface area contributed by atoms with Crippen LogP contribution in [0.25, 0.3) is 11.8 Å². The fourth-order valence-electron chi connectivity index (χ4n) is 2.07. The van der Waals surface area contributed by atoms with Crippen molar-refractivity contribution in [2.45, 2.75) is 6.61 Å². The lowest BCUT2D eigenvalue weighted by Crippen LogP contribution is -1.96. The Bertz CT molecular complexity index is 738. The first-order valence-electron chi connectivity index (χ1n) is 5.72. The zero-order valence-corrected chi connectivity index (χ0v) is 10.4. The minimum absolute atomic E-state index is 0.0899. The summed E-state index contributed by atoms with van der Waals surface area (Å²) >= 11 is 0. The van der Waals surface area contributed by atoms with Crippen LogP contribution in [0.3, 0.4) is 0 Å². The van der Waals surface area contributed by atoms with Gasteiger partial charge in [0.05, 0.1) is 11.0 Å². The van der Waals surface area contributed by atoms with Crippen molar-refractivity contribution >= 4 is 17.5 Å².